The summed E-state index contributed by atoms with van der Waals surface area (Å²) in [5.41, 5.74) is 12.8. The molecule has 1 aliphatic rings. The lowest BCUT2D eigenvalue weighted by atomic mass is 9.93. The molecule has 10 rings (SSSR count). The fourth-order valence-corrected chi connectivity index (χ4v) is 7.81. The summed E-state index contributed by atoms with van der Waals surface area (Å²) in [6.45, 7) is 0.853. The number of allylic oxidation sites excluding steroid dienone is 2. The molecule has 0 radical (unpaired) electrons. The van der Waals surface area contributed by atoms with Gasteiger partial charge in [0.1, 0.15) is 0 Å². The average molecular weight is 652 g/mol. The van der Waals surface area contributed by atoms with Crippen LogP contribution in [0.1, 0.15) is 5.56 Å². The van der Waals surface area contributed by atoms with Crippen LogP contribution >= 0.6 is 0 Å². The zero-order valence-electron chi connectivity index (χ0n) is 27.9. The minimum Gasteiger partial charge on any atom is -0.381 e. The van der Waals surface area contributed by atoms with E-state index in [-0.39, 0.29) is 0 Å². The van der Waals surface area contributed by atoms with Gasteiger partial charge in [-0.25, -0.2) is 0 Å². The van der Waals surface area contributed by atoms with Crippen molar-refractivity contribution in [2.24, 2.45) is 0 Å². The first-order chi connectivity index (χ1) is 25.3. The van der Waals surface area contributed by atoms with Crippen molar-refractivity contribution in [1.29, 1.82) is 0 Å². The molecule has 240 valence electrons. The van der Waals surface area contributed by atoms with Crippen LogP contribution in [-0.2, 0) is 0 Å². The van der Waals surface area contributed by atoms with Crippen molar-refractivity contribution >= 4 is 49.0 Å². The molecule has 0 saturated heterocycles. The first kappa shape index (κ1) is 29.2. The lowest BCUT2D eigenvalue weighted by Gasteiger charge is -2.15. The fourth-order valence-electron chi connectivity index (χ4n) is 7.81. The molecule has 3 heterocycles. The van der Waals surface area contributed by atoms with E-state index in [4.69, 9.17) is 0 Å². The predicted molar refractivity (Wildman–Crippen MR) is 215 cm³/mol. The van der Waals surface area contributed by atoms with Gasteiger partial charge in [-0.05, 0) is 80.4 Å². The normalized spacial score (nSPS) is 12.8. The Morgan fingerprint density at radius 1 is 0.510 bits per heavy atom. The molecule has 0 aliphatic carbocycles. The number of rotatable bonds is 5. The van der Waals surface area contributed by atoms with Crippen LogP contribution in [0.5, 0.6) is 0 Å². The monoisotopic (exact) mass is 651 g/mol. The molecule has 1 aliphatic heterocycles. The van der Waals surface area contributed by atoms with Crippen LogP contribution in [0.4, 0.5) is 0 Å². The van der Waals surface area contributed by atoms with Crippen LogP contribution in [0.25, 0.3) is 88.2 Å². The van der Waals surface area contributed by atoms with E-state index in [9.17, 15) is 0 Å². The highest BCUT2D eigenvalue weighted by atomic mass is 15.0. The highest BCUT2D eigenvalue weighted by Crippen LogP contribution is 2.43. The van der Waals surface area contributed by atoms with Crippen LogP contribution in [0.15, 0.2) is 182 Å². The number of dihydropyridines is 1. The van der Waals surface area contributed by atoms with Crippen molar-refractivity contribution in [2.45, 2.75) is 0 Å². The highest BCUT2D eigenvalue weighted by molar-refractivity contribution is 6.25. The van der Waals surface area contributed by atoms with Gasteiger partial charge in [0.05, 0.1) is 22.4 Å². The second kappa shape index (κ2) is 12.0. The van der Waals surface area contributed by atoms with Gasteiger partial charge in [0.15, 0.2) is 0 Å². The lowest BCUT2D eigenvalue weighted by Crippen LogP contribution is -2.14. The number of hydrogen-bond acceptors (Lipinski definition) is 2. The van der Waals surface area contributed by atoms with Gasteiger partial charge >= 0.3 is 0 Å². The third-order valence-electron chi connectivity index (χ3n) is 10.3. The molecule has 0 amide bonds. The number of benzene rings is 7. The molecule has 0 unspecified atom stereocenters. The molecule has 2 aromatic heterocycles. The number of fused-ring (bicyclic) bond motifs is 6. The predicted octanol–water partition coefficient (Wildman–Crippen LogP) is 12.0. The third-order valence-corrected chi connectivity index (χ3v) is 10.3. The molecular weight excluding hydrogens is 619 g/mol. The number of aromatic nitrogens is 2. The van der Waals surface area contributed by atoms with Crippen molar-refractivity contribution in [3.8, 4) is 39.2 Å². The number of nitrogens with zero attached hydrogens (tertiary/aromatic N) is 2. The molecule has 9 aromatic rings. The van der Waals surface area contributed by atoms with Gasteiger partial charge in [-0.2, -0.15) is 0 Å². The largest absolute Gasteiger partial charge is 0.381 e. The van der Waals surface area contributed by atoms with Gasteiger partial charge in [-0.3, -0.25) is 4.98 Å². The zero-order chi connectivity index (χ0) is 33.7. The van der Waals surface area contributed by atoms with Crippen LogP contribution in [0.2, 0.25) is 0 Å². The second-order valence-electron chi connectivity index (χ2n) is 13.2. The minimum absolute atomic E-state index is 0.853. The van der Waals surface area contributed by atoms with E-state index < -0.39 is 0 Å². The maximum atomic E-state index is 4.56. The van der Waals surface area contributed by atoms with Crippen molar-refractivity contribution in [2.75, 3.05) is 6.54 Å². The number of nitrogens with one attached hydrogen (secondary N) is 1. The Bertz CT molecular complexity index is 2820. The molecule has 3 heteroatoms. The summed E-state index contributed by atoms with van der Waals surface area (Å²) < 4.78 is 2.49. The van der Waals surface area contributed by atoms with E-state index in [1.807, 2.05) is 18.3 Å². The molecule has 0 atom stereocenters. The Kier molecular flexibility index (Phi) is 6.88. The van der Waals surface area contributed by atoms with E-state index in [0.717, 1.165) is 23.5 Å². The van der Waals surface area contributed by atoms with Crippen molar-refractivity contribution in [3.63, 3.8) is 0 Å². The van der Waals surface area contributed by atoms with Gasteiger partial charge in [0.2, 0.25) is 0 Å². The fraction of sp³-hybridized carbons (Fsp3) is 0.0208. The van der Waals surface area contributed by atoms with Crippen LogP contribution in [0.3, 0.4) is 0 Å². The quantitative estimate of drug-likeness (QED) is 0.201. The van der Waals surface area contributed by atoms with E-state index >= 15 is 0 Å². The zero-order valence-corrected chi connectivity index (χ0v) is 27.9. The molecule has 7 aromatic carbocycles. The molecule has 0 spiro atoms. The molecule has 0 saturated carbocycles. The topological polar surface area (TPSA) is 29.9 Å². The van der Waals surface area contributed by atoms with Gasteiger partial charge in [0.25, 0.3) is 0 Å². The summed E-state index contributed by atoms with van der Waals surface area (Å²) in [4.78, 5) is 4.56. The molecule has 3 nitrogen and oxygen atoms in total. The summed E-state index contributed by atoms with van der Waals surface area (Å²) in [5.74, 6) is 0. The molecule has 51 heavy (non-hydrogen) atoms. The Morgan fingerprint density at radius 3 is 2.02 bits per heavy atom. The van der Waals surface area contributed by atoms with E-state index in [1.165, 1.54) is 76.9 Å². The van der Waals surface area contributed by atoms with Gasteiger partial charge in [-0.15, -0.1) is 0 Å². The van der Waals surface area contributed by atoms with E-state index in [2.05, 4.69) is 179 Å². The maximum absolute atomic E-state index is 4.56. The Labute approximate surface area is 296 Å². The van der Waals surface area contributed by atoms with Crippen molar-refractivity contribution in [3.05, 3.63) is 188 Å². The first-order valence-electron chi connectivity index (χ1n) is 17.5. The summed E-state index contributed by atoms with van der Waals surface area (Å²) in [7, 11) is 0. The van der Waals surface area contributed by atoms with Crippen LogP contribution in [-0.4, -0.2) is 16.1 Å². The SMILES string of the molecule is C1=CCNC(c2ccc(-c3cc4c(c5ccccc35)c3ccc(-c5ccc(-c6ccccn6)cc5)cc3n4-c3cccc4ccccc34)cc2)=C1. The van der Waals surface area contributed by atoms with E-state index in [0.29, 0.717) is 0 Å². The smallest absolute Gasteiger partial charge is 0.0701 e. The van der Waals surface area contributed by atoms with Crippen molar-refractivity contribution in [1.82, 2.24) is 14.9 Å². The number of pyridine rings is 1. The summed E-state index contributed by atoms with van der Waals surface area (Å²) in [6, 6.07) is 57.4. The average Bonchev–Trinajstić information content (AvgIpc) is 3.54. The molecule has 0 bridgehead atoms. The second-order valence-corrected chi connectivity index (χ2v) is 13.2. The molecule has 1 N–H and O–H groups in total. The first-order valence-corrected chi connectivity index (χ1v) is 17.5. The minimum atomic E-state index is 0.853. The lowest BCUT2D eigenvalue weighted by molar-refractivity contribution is 0.996. The Balaban J connectivity index is 1.23. The summed E-state index contributed by atoms with van der Waals surface area (Å²) in [5, 5.41) is 11.0. The molecule has 0 fully saturated rings. The van der Waals surface area contributed by atoms with Gasteiger partial charge in [-0.1, -0.05) is 140 Å². The maximum Gasteiger partial charge on any atom is 0.0701 e. The van der Waals surface area contributed by atoms with E-state index in [1.54, 1.807) is 0 Å². The number of hydrogen-bond donors (Lipinski definition) is 1. The summed E-state index contributed by atoms with van der Waals surface area (Å²) in [6.07, 6.45) is 8.25. The summed E-state index contributed by atoms with van der Waals surface area (Å²) >= 11 is 0. The van der Waals surface area contributed by atoms with Crippen LogP contribution < -0.4 is 5.32 Å². The van der Waals surface area contributed by atoms with Gasteiger partial charge < -0.3 is 9.88 Å². The van der Waals surface area contributed by atoms with Gasteiger partial charge in [0, 0.05) is 40.2 Å². The third kappa shape index (κ3) is 4.94. The van der Waals surface area contributed by atoms with Crippen molar-refractivity contribution < 1.29 is 0 Å². The Morgan fingerprint density at radius 2 is 1.22 bits per heavy atom. The Hall–Kier alpha value is -6.71. The molecular formula is C48H33N3. The standard InChI is InChI=1S/C48H33N3/c1-2-12-38-33(10-1)11-9-17-45(38)51-46-30-37(32-18-22-35(23-19-32)43-15-5-7-28-49-43)26-27-41(46)48-40-14-4-3-13-39(40)42(31-47(48)51)34-20-24-36(25-21-34)44-16-6-8-29-50-44/h1-28,30-31,50H,29H2. The highest BCUT2D eigenvalue weighted by Gasteiger charge is 2.20. The van der Waals surface area contributed by atoms with Crippen LogP contribution in [0, 0.1) is 0 Å².